The second-order valence-corrected chi connectivity index (χ2v) is 4.63. The Morgan fingerprint density at radius 1 is 1.33 bits per heavy atom. The smallest absolute Gasteiger partial charge is 0.0925 e. The van der Waals surface area contributed by atoms with Gasteiger partial charge >= 0.3 is 0 Å². The molecule has 1 aromatic carbocycles. The molecule has 1 nitrogen and oxygen atoms in total. The van der Waals surface area contributed by atoms with E-state index in [9.17, 15) is 0 Å². The maximum atomic E-state index is 5.88. The zero-order valence-electron chi connectivity index (χ0n) is 9.04. The Morgan fingerprint density at radius 2 is 1.93 bits per heavy atom. The van der Waals surface area contributed by atoms with E-state index in [1.807, 2.05) is 24.3 Å². The minimum absolute atomic E-state index is 0.109. The van der Waals surface area contributed by atoms with Crippen molar-refractivity contribution in [3.8, 4) is 0 Å². The third-order valence-electron chi connectivity index (χ3n) is 2.35. The van der Waals surface area contributed by atoms with Crippen molar-refractivity contribution < 1.29 is 4.74 Å². The van der Waals surface area contributed by atoms with E-state index in [-0.39, 0.29) is 12.2 Å². The first-order valence-corrected chi connectivity index (χ1v) is 6.64. The van der Waals surface area contributed by atoms with Crippen molar-refractivity contribution >= 4 is 27.5 Å². The van der Waals surface area contributed by atoms with Gasteiger partial charge in [-0.1, -0.05) is 46.6 Å². The van der Waals surface area contributed by atoms with E-state index in [4.69, 9.17) is 16.3 Å². The standard InChI is InChI=1S/C12H16BrClO/c1-3-9(2)15-12(8-13)10-4-6-11(14)7-5-10/h4-7,9,12H,3,8H2,1-2H3. The number of hydrogen-bond acceptors (Lipinski definition) is 1. The fraction of sp³-hybridized carbons (Fsp3) is 0.500. The van der Waals surface area contributed by atoms with Crippen molar-refractivity contribution in [2.24, 2.45) is 0 Å². The quantitative estimate of drug-likeness (QED) is 0.721. The van der Waals surface area contributed by atoms with Crippen LogP contribution >= 0.6 is 27.5 Å². The van der Waals surface area contributed by atoms with Gasteiger partial charge in [-0.25, -0.2) is 0 Å². The molecule has 0 saturated carbocycles. The molecule has 0 amide bonds. The molecule has 0 N–H and O–H groups in total. The van der Waals surface area contributed by atoms with Crippen LogP contribution < -0.4 is 0 Å². The molecule has 2 unspecified atom stereocenters. The highest BCUT2D eigenvalue weighted by atomic mass is 79.9. The van der Waals surface area contributed by atoms with E-state index in [0.29, 0.717) is 0 Å². The molecule has 15 heavy (non-hydrogen) atoms. The van der Waals surface area contributed by atoms with Crippen LogP contribution in [0.15, 0.2) is 24.3 Å². The number of benzene rings is 1. The van der Waals surface area contributed by atoms with E-state index in [1.54, 1.807) is 0 Å². The first-order valence-electron chi connectivity index (χ1n) is 5.14. The van der Waals surface area contributed by atoms with Crippen molar-refractivity contribution in [2.45, 2.75) is 32.5 Å². The fourth-order valence-electron chi connectivity index (χ4n) is 1.26. The minimum atomic E-state index is 0.109. The maximum Gasteiger partial charge on any atom is 0.0925 e. The van der Waals surface area contributed by atoms with Crippen LogP contribution in [0.4, 0.5) is 0 Å². The molecule has 0 bridgehead atoms. The van der Waals surface area contributed by atoms with Crippen LogP contribution in [0.3, 0.4) is 0 Å². The van der Waals surface area contributed by atoms with Gasteiger partial charge in [0.1, 0.15) is 0 Å². The Kier molecular flexibility index (Phi) is 5.65. The van der Waals surface area contributed by atoms with Crippen molar-refractivity contribution in [2.75, 3.05) is 5.33 Å². The van der Waals surface area contributed by atoms with Gasteiger partial charge in [-0.2, -0.15) is 0 Å². The molecule has 0 heterocycles. The topological polar surface area (TPSA) is 9.23 Å². The highest BCUT2D eigenvalue weighted by Gasteiger charge is 2.13. The van der Waals surface area contributed by atoms with Gasteiger partial charge in [-0.15, -0.1) is 0 Å². The molecule has 0 aliphatic heterocycles. The molecule has 3 heteroatoms. The van der Waals surface area contributed by atoms with Gasteiger partial charge in [-0.3, -0.25) is 0 Å². The summed E-state index contributed by atoms with van der Waals surface area (Å²) in [6, 6.07) is 7.81. The van der Waals surface area contributed by atoms with E-state index in [1.165, 1.54) is 0 Å². The molecule has 0 saturated heterocycles. The Bertz CT molecular complexity index is 286. The molecule has 2 atom stereocenters. The molecule has 0 spiro atoms. The summed E-state index contributed by atoms with van der Waals surface area (Å²) in [6.45, 7) is 4.21. The van der Waals surface area contributed by atoms with Gasteiger partial charge in [0.25, 0.3) is 0 Å². The molecule has 0 aliphatic carbocycles. The summed E-state index contributed by atoms with van der Waals surface area (Å²) in [5, 5.41) is 1.56. The fourth-order valence-corrected chi connectivity index (χ4v) is 1.91. The third-order valence-corrected chi connectivity index (χ3v) is 3.19. The van der Waals surface area contributed by atoms with Crippen molar-refractivity contribution in [3.05, 3.63) is 34.9 Å². The predicted molar refractivity (Wildman–Crippen MR) is 68.8 cm³/mol. The lowest BCUT2D eigenvalue weighted by Crippen LogP contribution is -2.13. The molecule has 1 rings (SSSR count). The average molecular weight is 292 g/mol. The normalized spacial score (nSPS) is 14.9. The average Bonchev–Trinajstić information content (AvgIpc) is 2.27. The number of alkyl halides is 1. The first kappa shape index (κ1) is 13.0. The van der Waals surface area contributed by atoms with Crippen LogP contribution in [0.25, 0.3) is 0 Å². The van der Waals surface area contributed by atoms with Gasteiger partial charge in [0.2, 0.25) is 0 Å². The van der Waals surface area contributed by atoms with Crippen molar-refractivity contribution in [3.63, 3.8) is 0 Å². The highest BCUT2D eigenvalue weighted by molar-refractivity contribution is 9.09. The molecular formula is C12H16BrClO. The Balaban J connectivity index is 2.69. The lowest BCUT2D eigenvalue weighted by Gasteiger charge is -2.20. The van der Waals surface area contributed by atoms with Gasteiger partial charge in [0, 0.05) is 10.4 Å². The largest absolute Gasteiger partial charge is 0.370 e. The zero-order valence-corrected chi connectivity index (χ0v) is 11.4. The number of ether oxygens (including phenoxy) is 1. The van der Waals surface area contributed by atoms with Crippen LogP contribution in [0.5, 0.6) is 0 Å². The van der Waals surface area contributed by atoms with E-state index < -0.39 is 0 Å². The Labute approximate surface area is 105 Å². The van der Waals surface area contributed by atoms with Crippen LogP contribution in [0.2, 0.25) is 5.02 Å². The van der Waals surface area contributed by atoms with Gasteiger partial charge < -0.3 is 4.74 Å². The van der Waals surface area contributed by atoms with Gasteiger partial charge in [-0.05, 0) is 31.0 Å². The zero-order chi connectivity index (χ0) is 11.3. The SMILES string of the molecule is CCC(C)OC(CBr)c1ccc(Cl)cc1. The predicted octanol–water partition coefficient (Wildman–Crippen LogP) is 4.59. The summed E-state index contributed by atoms with van der Waals surface area (Å²) in [7, 11) is 0. The number of rotatable bonds is 5. The lowest BCUT2D eigenvalue weighted by molar-refractivity contribution is 0.00885. The summed E-state index contributed by atoms with van der Waals surface area (Å²) in [6.07, 6.45) is 1.41. The maximum absolute atomic E-state index is 5.88. The monoisotopic (exact) mass is 290 g/mol. The minimum Gasteiger partial charge on any atom is -0.370 e. The molecule has 0 aromatic heterocycles. The van der Waals surface area contributed by atoms with Gasteiger partial charge in [0.15, 0.2) is 0 Å². The second-order valence-electron chi connectivity index (χ2n) is 3.55. The number of halogens is 2. The lowest BCUT2D eigenvalue weighted by atomic mass is 10.1. The van der Waals surface area contributed by atoms with Crippen molar-refractivity contribution in [1.82, 2.24) is 0 Å². The van der Waals surface area contributed by atoms with Crippen molar-refractivity contribution in [1.29, 1.82) is 0 Å². The van der Waals surface area contributed by atoms with E-state index in [2.05, 4.69) is 29.8 Å². The molecule has 0 aliphatic rings. The van der Waals surface area contributed by atoms with Gasteiger partial charge in [0.05, 0.1) is 12.2 Å². The van der Waals surface area contributed by atoms with E-state index >= 15 is 0 Å². The van der Waals surface area contributed by atoms with Crippen LogP contribution in [-0.2, 0) is 4.74 Å². The summed E-state index contributed by atoms with van der Waals surface area (Å²) in [5.74, 6) is 0. The van der Waals surface area contributed by atoms with Crippen LogP contribution in [0.1, 0.15) is 31.9 Å². The molecular weight excluding hydrogens is 275 g/mol. The number of hydrogen-bond donors (Lipinski definition) is 0. The Hall–Kier alpha value is -0.0500. The van der Waals surface area contributed by atoms with Crippen LogP contribution in [0, 0.1) is 0 Å². The summed E-state index contributed by atoms with van der Waals surface area (Å²) < 4.78 is 5.88. The summed E-state index contributed by atoms with van der Waals surface area (Å²) in [4.78, 5) is 0. The summed E-state index contributed by atoms with van der Waals surface area (Å²) in [5.41, 5.74) is 1.16. The third kappa shape index (κ3) is 4.13. The molecule has 84 valence electrons. The second kappa shape index (κ2) is 6.51. The van der Waals surface area contributed by atoms with E-state index in [0.717, 1.165) is 22.3 Å². The highest BCUT2D eigenvalue weighted by Crippen LogP contribution is 2.23. The molecule has 1 aromatic rings. The first-order chi connectivity index (χ1) is 7.17. The molecule has 0 fully saturated rings. The Morgan fingerprint density at radius 3 is 2.40 bits per heavy atom. The van der Waals surface area contributed by atoms with Crippen LogP contribution in [-0.4, -0.2) is 11.4 Å². The summed E-state index contributed by atoms with van der Waals surface area (Å²) >= 11 is 9.31. The molecule has 0 radical (unpaired) electrons.